The highest BCUT2D eigenvalue weighted by Crippen LogP contribution is 2.33. The second-order valence-electron chi connectivity index (χ2n) is 10.6. The summed E-state index contributed by atoms with van der Waals surface area (Å²) < 4.78 is 14.9. The number of nitrogens with two attached hydrogens (primary N) is 1. The smallest absolute Gasteiger partial charge is 0.262 e. The van der Waals surface area contributed by atoms with Gasteiger partial charge < -0.3 is 11.1 Å². The molecule has 35 heavy (non-hydrogen) atoms. The van der Waals surface area contributed by atoms with Crippen LogP contribution in [0.25, 0.3) is 0 Å². The first kappa shape index (κ1) is 25.9. The first-order chi connectivity index (χ1) is 16.3. The van der Waals surface area contributed by atoms with Crippen LogP contribution in [0.2, 0.25) is 0 Å². The number of nitrogen functional groups attached to an aromatic ring is 1. The largest absolute Gasteiger partial charge is 0.399 e. The van der Waals surface area contributed by atoms with Crippen molar-refractivity contribution in [1.29, 1.82) is 0 Å². The first-order valence-electron chi connectivity index (χ1n) is 11.5. The Labute approximate surface area is 206 Å². The molecule has 1 atom stereocenters. The summed E-state index contributed by atoms with van der Waals surface area (Å²) in [7, 11) is 0. The van der Waals surface area contributed by atoms with Crippen LogP contribution >= 0.6 is 0 Å². The van der Waals surface area contributed by atoms with E-state index in [-0.39, 0.29) is 16.7 Å². The number of carbonyl (C=O) groups is 2. The maximum absolute atomic E-state index is 14.9. The molecule has 3 aromatic rings. The number of amides is 2. The Morgan fingerprint density at radius 2 is 1.66 bits per heavy atom. The van der Waals surface area contributed by atoms with Crippen LogP contribution in [0.4, 0.5) is 15.8 Å². The summed E-state index contributed by atoms with van der Waals surface area (Å²) in [6.45, 7) is 11.8. The quantitative estimate of drug-likeness (QED) is 0.483. The molecule has 0 fully saturated rings. The highest BCUT2D eigenvalue weighted by Gasteiger charge is 2.36. The number of aromatic nitrogens is 1. The molecule has 2 aromatic carbocycles. The number of anilines is 2. The molecule has 2 amide bonds. The molecule has 1 unspecified atom stereocenters. The third kappa shape index (κ3) is 6.23. The van der Waals surface area contributed by atoms with Crippen molar-refractivity contribution in [3.8, 4) is 0 Å². The minimum absolute atomic E-state index is 0.108. The van der Waals surface area contributed by atoms with Crippen LogP contribution in [-0.4, -0.2) is 22.3 Å². The Morgan fingerprint density at radius 1 is 1.00 bits per heavy atom. The Balaban J connectivity index is 2.22. The van der Waals surface area contributed by atoms with E-state index in [1.54, 1.807) is 30.5 Å². The van der Waals surface area contributed by atoms with Gasteiger partial charge in [0, 0.05) is 34.9 Å². The van der Waals surface area contributed by atoms with Crippen molar-refractivity contribution in [2.24, 2.45) is 0 Å². The van der Waals surface area contributed by atoms with Crippen molar-refractivity contribution in [2.45, 2.75) is 58.5 Å². The fraction of sp³-hybridized carbons (Fsp3) is 0.321. The van der Waals surface area contributed by atoms with Crippen LogP contribution in [0, 0.1) is 5.82 Å². The molecule has 0 aliphatic rings. The molecule has 0 spiro atoms. The minimum Gasteiger partial charge on any atom is -0.399 e. The molecule has 1 heterocycles. The van der Waals surface area contributed by atoms with Crippen LogP contribution in [0.3, 0.4) is 0 Å². The van der Waals surface area contributed by atoms with E-state index in [4.69, 9.17) is 5.73 Å². The molecule has 0 aliphatic heterocycles. The van der Waals surface area contributed by atoms with E-state index in [0.29, 0.717) is 11.3 Å². The lowest BCUT2D eigenvalue weighted by Gasteiger charge is -2.34. The molecular formula is C28H33FN4O2. The van der Waals surface area contributed by atoms with Gasteiger partial charge in [0.1, 0.15) is 11.9 Å². The summed E-state index contributed by atoms with van der Waals surface area (Å²) in [5.74, 6) is -1.83. The number of rotatable bonds is 5. The van der Waals surface area contributed by atoms with Gasteiger partial charge in [0.15, 0.2) is 0 Å². The number of hydrogen-bond acceptors (Lipinski definition) is 4. The predicted octanol–water partition coefficient (Wildman–Crippen LogP) is 5.40. The molecule has 0 saturated carbocycles. The second kappa shape index (κ2) is 9.86. The highest BCUT2D eigenvalue weighted by molar-refractivity contribution is 6.10. The number of pyridine rings is 1. The molecule has 6 nitrogen and oxygen atoms in total. The van der Waals surface area contributed by atoms with Crippen molar-refractivity contribution in [3.05, 3.63) is 89.5 Å². The summed E-state index contributed by atoms with van der Waals surface area (Å²) in [5.41, 5.74) is 7.07. The van der Waals surface area contributed by atoms with Gasteiger partial charge >= 0.3 is 0 Å². The molecule has 7 heteroatoms. The van der Waals surface area contributed by atoms with Gasteiger partial charge in [0.25, 0.3) is 5.91 Å². The van der Waals surface area contributed by atoms with Crippen LogP contribution in [-0.2, 0) is 10.2 Å². The third-order valence-electron chi connectivity index (χ3n) is 5.46. The Kier molecular flexibility index (Phi) is 7.29. The molecule has 184 valence electrons. The van der Waals surface area contributed by atoms with Crippen molar-refractivity contribution >= 4 is 23.2 Å². The fourth-order valence-electron chi connectivity index (χ4n) is 3.73. The predicted molar refractivity (Wildman–Crippen MR) is 138 cm³/mol. The summed E-state index contributed by atoms with van der Waals surface area (Å²) in [6, 6.07) is 13.6. The van der Waals surface area contributed by atoms with Crippen molar-refractivity contribution in [3.63, 3.8) is 0 Å². The topological polar surface area (TPSA) is 88.3 Å². The maximum Gasteiger partial charge on any atom is 0.262 e. The maximum atomic E-state index is 14.9. The Morgan fingerprint density at radius 3 is 2.17 bits per heavy atom. The van der Waals surface area contributed by atoms with Gasteiger partial charge in [-0.15, -0.1) is 0 Å². The number of nitrogens with zero attached hydrogens (tertiary/aromatic N) is 2. The van der Waals surface area contributed by atoms with Crippen LogP contribution < -0.4 is 16.0 Å². The summed E-state index contributed by atoms with van der Waals surface area (Å²) in [6.07, 6.45) is 3.13. The van der Waals surface area contributed by atoms with Gasteiger partial charge in [-0.2, -0.15) is 0 Å². The van der Waals surface area contributed by atoms with Gasteiger partial charge in [0.2, 0.25) is 5.91 Å². The number of benzene rings is 2. The normalized spacial score (nSPS) is 12.7. The second-order valence-corrected chi connectivity index (χ2v) is 10.6. The molecule has 0 saturated heterocycles. The lowest BCUT2D eigenvalue weighted by molar-refractivity contribution is -0.123. The van der Waals surface area contributed by atoms with Gasteiger partial charge in [-0.3, -0.25) is 19.5 Å². The molecule has 0 radical (unpaired) electrons. The number of halogens is 1. The molecular weight excluding hydrogens is 443 g/mol. The minimum atomic E-state index is -1.09. The highest BCUT2D eigenvalue weighted by atomic mass is 19.1. The Hall–Kier alpha value is -3.74. The third-order valence-corrected chi connectivity index (χ3v) is 5.46. The number of nitrogens with one attached hydrogen (secondary N) is 1. The van der Waals surface area contributed by atoms with E-state index in [0.717, 1.165) is 11.6 Å². The van der Waals surface area contributed by atoms with Crippen molar-refractivity contribution in [2.75, 3.05) is 10.6 Å². The van der Waals surface area contributed by atoms with Gasteiger partial charge in [-0.05, 0) is 68.1 Å². The van der Waals surface area contributed by atoms with Crippen molar-refractivity contribution in [1.82, 2.24) is 10.3 Å². The number of hydrogen-bond donors (Lipinski definition) is 2. The van der Waals surface area contributed by atoms with E-state index in [1.165, 1.54) is 23.2 Å². The van der Waals surface area contributed by atoms with Crippen LogP contribution in [0.1, 0.15) is 69.1 Å². The molecule has 0 aliphatic carbocycles. The number of carbonyl (C=O) groups excluding carboxylic acids is 2. The Bertz CT molecular complexity index is 1200. The zero-order valence-corrected chi connectivity index (χ0v) is 21.1. The van der Waals surface area contributed by atoms with E-state index < -0.39 is 29.2 Å². The van der Waals surface area contributed by atoms with E-state index in [9.17, 15) is 14.0 Å². The summed E-state index contributed by atoms with van der Waals surface area (Å²) >= 11 is 0. The average Bonchev–Trinajstić information content (AvgIpc) is 2.76. The SMILES string of the molecule is CC(C)(C)NC(=O)C(c1cccnc1)N(C(=O)c1ccc(N)cc1F)c1ccc(C(C)(C)C)cc1. The van der Waals surface area contributed by atoms with E-state index >= 15 is 0 Å². The zero-order valence-electron chi connectivity index (χ0n) is 21.1. The van der Waals surface area contributed by atoms with Gasteiger partial charge in [-0.25, -0.2) is 4.39 Å². The molecule has 1 aromatic heterocycles. The summed E-state index contributed by atoms with van der Waals surface area (Å²) in [4.78, 5) is 33.0. The zero-order chi connectivity index (χ0) is 26.0. The summed E-state index contributed by atoms with van der Waals surface area (Å²) in [5, 5.41) is 2.96. The lowest BCUT2D eigenvalue weighted by Crippen LogP contribution is -2.49. The average molecular weight is 477 g/mol. The van der Waals surface area contributed by atoms with Crippen LogP contribution in [0.15, 0.2) is 67.0 Å². The first-order valence-corrected chi connectivity index (χ1v) is 11.5. The fourth-order valence-corrected chi connectivity index (χ4v) is 3.73. The van der Waals surface area contributed by atoms with E-state index in [2.05, 4.69) is 31.1 Å². The molecule has 0 bridgehead atoms. The standard InChI is InChI=1S/C28H33FN4O2/c1-27(2,3)19-9-12-21(13-10-19)33(26(35)22-14-11-20(30)16-23(22)29)24(18-8-7-15-31-17-18)25(34)32-28(4,5)6/h7-17,24H,30H2,1-6H3,(H,32,34). The molecule has 3 N–H and O–H groups in total. The monoisotopic (exact) mass is 476 g/mol. The van der Waals surface area contributed by atoms with E-state index in [1.807, 2.05) is 32.9 Å². The molecule has 3 rings (SSSR count). The van der Waals surface area contributed by atoms with Crippen LogP contribution in [0.5, 0.6) is 0 Å². The lowest BCUT2D eigenvalue weighted by atomic mass is 9.87. The van der Waals surface area contributed by atoms with Gasteiger partial charge in [-0.1, -0.05) is 39.0 Å². The van der Waals surface area contributed by atoms with Crippen molar-refractivity contribution < 1.29 is 14.0 Å². The van der Waals surface area contributed by atoms with Gasteiger partial charge in [0.05, 0.1) is 5.56 Å².